The van der Waals surface area contributed by atoms with Gasteiger partial charge in [0.2, 0.25) is 5.91 Å². The summed E-state index contributed by atoms with van der Waals surface area (Å²) < 4.78 is 13.6. The maximum Gasteiger partial charge on any atom is 0.226 e. The van der Waals surface area contributed by atoms with E-state index in [1.807, 2.05) is 0 Å². The largest absolute Gasteiger partial charge is 0.395 e. The summed E-state index contributed by atoms with van der Waals surface area (Å²) in [6.07, 6.45) is 3.27. The van der Waals surface area contributed by atoms with E-state index in [9.17, 15) is 9.18 Å². The van der Waals surface area contributed by atoms with E-state index in [1.165, 1.54) is 6.07 Å². The van der Waals surface area contributed by atoms with Gasteiger partial charge in [-0.3, -0.25) is 4.79 Å². The molecule has 0 saturated heterocycles. The predicted molar refractivity (Wildman–Crippen MR) is 68.7 cm³/mol. The van der Waals surface area contributed by atoms with Gasteiger partial charge >= 0.3 is 0 Å². The Morgan fingerprint density at radius 3 is 2.74 bits per heavy atom. The zero-order valence-electron chi connectivity index (χ0n) is 10.8. The minimum atomic E-state index is -0.296. The van der Waals surface area contributed by atoms with Crippen LogP contribution < -0.4 is 0 Å². The summed E-state index contributed by atoms with van der Waals surface area (Å²) in [6, 6.07) is 6.49. The van der Waals surface area contributed by atoms with Crippen LogP contribution in [-0.4, -0.2) is 29.1 Å². The molecule has 2 aliphatic carbocycles. The fourth-order valence-electron chi connectivity index (χ4n) is 2.85. The van der Waals surface area contributed by atoms with Gasteiger partial charge in [0, 0.05) is 24.6 Å². The lowest BCUT2D eigenvalue weighted by atomic mass is 10.1. The van der Waals surface area contributed by atoms with Crippen molar-refractivity contribution in [3.05, 3.63) is 35.6 Å². The quantitative estimate of drug-likeness (QED) is 0.882. The Morgan fingerprint density at radius 1 is 1.42 bits per heavy atom. The van der Waals surface area contributed by atoms with Crippen LogP contribution in [-0.2, 0) is 11.3 Å². The molecule has 1 N–H and O–H groups in total. The zero-order valence-corrected chi connectivity index (χ0v) is 10.8. The normalized spacial score (nSPS) is 22.3. The number of aliphatic hydroxyl groups is 1. The Labute approximate surface area is 112 Å². The van der Waals surface area contributed by atoms with Crippen molar-refractivity contribution in [2.24, 2.45) is 11.3 Å². The van der Waals surface area contributed by atoms with Crippen molar-refractivity contribution in [3.8, 4) is 0 Å². The van der Waals surface area contributed by atoms with Gasteiger partial charge in [0.15, 0.2) is 0 Å². The smallest absolute Gasteiger partial charge is 0.226 e. The molecule has 19 heavy (non-hydrogen) atoms. The number of aliphatic hydroxyl groups excluding tert-OH is 1. The number of carbonyl (C=O) groups excluding carboxylic acids is 1. The summed E-state index contributed by atoms with van der Waals surface area (Å²) in [7, 11) is 0. The standard InChI is InChI=1S/C15H18FNO2/c16-13-4-2-1-3-11(13)10-17(7-8-18)14(19)12-9-15(12)5-6-15/h1-4,12,18H,5-10H2. The first-order chi connectivity index (χ1) is 9.16. The third-order valence-electron chi connectivity index (χ3n) is 4.38. The number of benzene rings is 1. The number of hydrogen-bond donors (Lipinski definition) is 1. The third kappa shape index (κ3) is 2.37. The van der Waals surface area contributed by atoms with Crippen molar-refractivity contribution < 1.29 is 14.3 Å². The van der Waals surface area contributed by atoms with Gasteiger partial charge in [-0.15, -0.1) is 0 Å². The summed E-state index contributed by atoms with van der Waals surface area (Å²) in [5.74, 6) is -0.101. The summed E-state index contributed by atoms with van der Waals surface area (Å²) in [5.41, 5.74) is 0.801. The molecule has 4 heteroatoms. The molecule has 102 valence electrons. The van der Waals surface area contributed by atoms with Crippen LogP contribution >= 0.6 is 0 Å². The second kappa shape index (κ2) is 4.60. The van der Waals surface area contributed by atoms with Crippen LogP contribution in [0, 0.1) is 17.2 Å². The number of rotatable bonds is 5. The minimum absolute atomic E-state index is 0.0785. The molecular formula is C15H18FNO2. The maximum absolute atomic E-state index is 13.6. The zero-order chi connectivity index (χ0) is 13.5. The molecule has 2 aliphatic rings. The molecule has 0 aromatic heterocycles. The van der Waals surface area contributed by atoms with Crippen molar-refractivity contribution in [1.82, 2.24) is 4.90 Å². The van der Waals surface area contributed by atoms with Gasteiger partial charge in [0.05, 0.1) is 6.61 Å². The Balaban J connectivity index is 1.70. The molecule has 3 rings (SSSR count). The molecule has 1 unspecified atom stereocenters. The number of carbonyl (C=O) groups is 1. The second-order valence-electron chi connectivity index (χ2n) is 5.69. The van der Waals surface area contributed by atoms with E-state index in [0.717, 1.165) is 19.3 Å². The summed E-state index contributed by atoms with van der Waals surface area (Å²) in [4.78, 5) is 14.0. The number of nitrogens with zero attached hydrogens (tertiary/aromatic N) is 1. The van der Waals surface area contributed by atoms with Gasteiger partial charge in [0.1, 0.15) is 5.82 Å². The minimum Gasteiger partial charge on any atom is -0.395 e. The predicted octanol–water partition coefficient (Wildman–Crippen LogP) is 1.95. The van der Waals surface area contributed by atoms with E-state index in [2.05, 4.69) is 0 Å². The molecule has 2 saturated carbocycles. The van der Waals surface area contributed by atoms with Crippen molar-refractivity contribution in [2.45, 2.75) is 25.8 Å². The van der Waals surface area contributed by atoms with Crippen molar-refractivity contribution in [1.29, 1.82) is 0 Å². The van der Waals surface area contributed by atoms with Gasteiger partial charge in [-0.2, -0.15) is 0 Å². The monoisotopic (exact) mass is 263 g/mol. The van der Waals surface area contributed by atoms with E-state index < -0.39 is 0 Å². The summed E-state index contributed by atoms with van der Waals surface area (Å²) in [6.45, 7) is 0.443. The average Bonchev–Trinajstić information content (AvgIpc) is 3.31. The summed E-state index contributed by atoms with van der Waals surface area (Å²) >= 11 is 0. The number of hydrogen-bond acceptors (Lipinski definition) is 2. The lowest BCUT2D eigenvalue weighted by Crippen LogP contribution is -2.35. The van der Waals surface area contributed by atoms with E-state index in [4.69, 9.17) is 5.11 Å². The average molecular weight is 263 g/mol. The molecule has 1 spiro atoms. The van der Waals surface area contributed by atoms with Crippen LogP contribution in [0.5, 0.6) is 0 Å². The van der Waals surface area contributed by atoms with Gasteiger partial charge in [0.25, 0.3) is 0 Å². The third-order valence-corrected chi connectivity index (χ3v) is 4.38. The molecule has 3 nitrogen and oxygen atoms in total. The van der Waals surface area contributed by atoms with E-state index in [-0.39, 0.29) is 37.3 Å². The number of halogens is 1. The molecule has 1 aromatic rings. The van der Waals surface area contributed by atoms with Gasteiger partial charge in [-0.1, -0.05) is 18.2 Å². The molecule has 2 fully saturated rings. The Morgan fingerprint density at radius 2 is 2.16 bits per heavy atom. The van der Waals surface area contributed by atoms with Crippen molar-refractivity contribution in [3.63, 3.8) is 0 Å². The topological polar surface area (TPSA) is 40.5 Å². The first-order valence-corrected chi connectivity index (χ1v) is 6.79. The highest BCUT2D eigenvalue weighted by Crippen LogP contribution is 2.70. The van der Waals surface area contributed by atoms with Crippen LogP contribution in [0.1, 0.15) is 24.8 Å². The molecule has 1 aromatic carbocycles. The number of amides is 1. The van der Waals surface area contributed by atoms with E-state index in [0.29, 0.717) is 11.0 Å². The second-order valence-corrected chi connectivity index (χ2v) is 5.69. The molecule has 0 aliphatic heterocycles. The van der Waals surface area contributed by atoms with Crippen LogP contribution in [0.3, 0.4) is 0 Å². The maximum atomic E-state index is 13.6. The molecule has 0 bridgehead atoms. The van der Waals surface area contributed by atoms with E-state index in [1.54, 1.807) is 23.1 Å². The Hall–Kier alpha value is -1.42. The highest BCUT2D eigenvalue weighted by molar-refractivity contribution is 5.83. The van der Waals surface area contributed by atoms with Crippen LogP contribution in [0.2, 0.25) is 0 Å². The van der Waals surface area contributed by atoms with Gasteiger partial charge in [-0.25, -0.2) is 4.39 Å². The lowest BCUT2D eigenvalue weighted by molar-refractivity contribution is -0.134. The first kappa shape index (κ1) is 12.6. The molecule has 0 heterocycles. The summed E-state index contributed by atoms with van der Waals surface area (Å²) in [5, 5.41) is 9.09. The fourth-order valence-corrected chi connectivity index (χ4v) is 2.85. The van der Waals surface area contributed by atoms with E-state index >= 15 is 0 Å². The molecule has 1 atom stereocenters. The van der Waals surface area contributed by atoms with Crippen molar-refractivity contribution >= 4 is 5.91 Å². The highest BCUT2D eigenvalue weighted by Gasteiger charge is 2.66. The van der Waals surface area contributed by atoms with Crippen LogP contribution in [0.15, 0.2) is 24.3 Å². The van der Waals surface area contributed by atoms with Gasteiger partial charge in [-0.05, 0) is 30.7 Å². The fraction of sp³-hybridized carbons (Fsp3) is 0.533. The van der Waals surface area contributed by atoms with Crippen LogP contribution in [0.25, 0.3) is 0 Å². The van der Waals surface area contributed by atoms with Gasteiger partial charge < -0.3 is 10.0 Å². The first-order valence-electron chi connectivity index (χ1n) is 6.79. The lowest BCUT2D eigenvalue weighted by Gasteiger charge is -2.22. The highest BCUT2D eigenvalue weighted by atomic mass is 19.1. The Kier molecular flexibility index (Phi) is 3.05. The van der Waals surface area contributed by atoms with Crippen LogP contribution in [0.4, 0.5) is 4.39 Å². The molecular weight excluding hydrogens is 245 g/mol. The molecule has 0 radical (unpaired) electrons. The molecule has 1 amide bonds. The SMILES string of the molecule is O=C(C1CC12CC2)N(CCO)Cc1ccccc1F. The Bertz CT molecular complexity index is 499. The van der Waals surface area contributed by atoms with Crippen molar-refractivity contribution in [2.75, 3.05) is 13.2 Å².